The largest absolute Gasteiger partial charge is 0.375 e. The van der Waals surface area contributed by atoms with E-state index >= 15 is 0 Å². The van der Waals surface area contributed by atoms with Gasteiger partial charge in [-0.3, -0.25) is 4.79 Å². The molecule has 21 heavy (non-hydrogen) atoms. The predicted molar refractivity (Wildman–Crippen MR) is 87.8 cm³/mol. The lowest BCUT2D eigenvalue weighted by Gasteiger charge is -2.05. The van der Waals surface area contributed by atoms with Crippen LogP contribution < -0.4 is 5.32 Å². The van der Waals surface area contributed by atoms with Gasteiger partial charge in [0.1, 0.15) is 5.01 Å². The van der Waals surface area contributed by atoms with Crippen LogP contribution in [0.1, 0.15) is 12.6 Å². The second-order valence-electron chi connectivity index (χ2n) is 4.69. The second kappa shape index (κ2) is 8.07. The van der Waals surface area contributed by atoms with E-state index in [9.17, 15) is 4.79 Å². The quantitative estimate of drug-likeness (QED) is 0.600. The number of aromatic nitrogens is 1. The third-order valence-corrected chi connectivity index (χ3v) is 4.20. The molecule has 0 aliphatic carbocycles. The molecule has 0 fully saturated rings. The molecule has 0 aromatic carbocycles. The molecule has 0 saturated carbocycles. The van der Waals surface area contributed by atoms with Crippen molar-refractivity contribution in [2.75, 3.05) is 19.8 Å². The van der Waals surface area contributed by atoms with Crippen LogP contribution in [0.15, 0.2) is 34.4 Å². The van der Waals surface area contributed by atoms with Crippen LogP contribution in [0.2, 0.25) is 0 Å². The van der Waals surface area contributed by atoms with E-state index in [0.29, 0.717) is 26.2 Å². The first kappa shape index (κ1) is 15.9. The summed E-state index contributed by atoms with van der Waals surface area (Å²) < 4.78 is 5.32. The minimum atomic E-state index is -0.0314. The maximum absolute atomic E-state index is 11.8. The van der Waals surface area contributed by atoms with E-state index in [1.807, 2.05) is 23.8 Å². The van der Waals surface area contributed by atoms with Crippen LogP contribution in [-0.2, 0) is 16.0 Å². The van der Waals surface area contributed by atoms with Gasteiger partial charge in [-0.1, -0.05) is 12.2 Å². The molecule has 0 atom stereocenters. The average Bonchev–Trinajstić information content (AvgIpc) is 3.08. The number of carbonyl (C=O) groups is 1. The molecular weight excluding hydrogens is 304 g/mol. The van der Waals surface area contributed by atoms with E-state index in [4.69, 9.17) is 4.74 Å². The fraction of sp³-hybridized carbons (Fsp3) is 0.333. The summed E-state index contributed by atoms with van der Waals surface area (Å²) in [5, 5.41) is 9.80. The molecule has 2 heterocycles. The molecule has 0 spiro atoms. The van der Waals surface area contributed by atoms with Crippen molar-refractivity contribution in [3.05, 3.63) is 40.1 Å². The standard InChI is InChI=1S/C15H18N2O2S2/c1-11(2)8-19-5-4-16-14(18)7-13-10-21-15(17-13)12-3-6-20-9-12/h3,6,9-10H,1,4-5,7-8H2,2H3,(H,16,18). The number of amides is 1. The van der Waals surface area contributed by atoms with Crippen LogP contribution in [0.3, 0.4) is 0 Å². The zero-order chi connectivity index (χ0) is 15.1. The first-order valence-corrected chi connectivity index (χ1v) is 8.43. The summed E-state index contributed by atoms with van der Waals surface area (Å²) >= 11 is 3.21. The molecular formula is C15H18N2O2S2. The maximum Gasteiger partial charge on any atom is 0.226 e. The molecule has 0 saturated heterocycles. The van der Waals surface area contributed by atoms with E-state index in [-0.39, 0.29) is 5.91 Å². The number of thiophene rings is 1. The van der Waals surface area contributed by atoms with Crippen molar-refractivity contribution in [2.24, 2.45) is 0 Å². The van der Waals surface area contributed by atoms with Gasteiger partial charge in [0.25, 0.3) is 0 Å². The molecule has 0 bridgehead atoms. The molecule has 2 aromatic heterocycles. The smallest absolute Gasteiger partial charge is 0.226 e. The second-order valence-corrected chi connectivity index (χ2v) is 6.33. The van der Waals surface area contributed by atoms with Gasteiger partial charge in [-0.15, -0.1) is 11.3 Å². The van der Waals surface area contributed by atoms with Crippen LogP contribution in [0.4, 0.5) is 0 Å². The number of nitrogens with zero attached hydrogens (tertiary/aromatic N) is 1. The number of rotatable bonds is 8. The summed E-state index contributed by atoms with van der Waals surface area (Å²) in [4.78, 5) is 16.3. The number of nitrogens with one attached hydrogen (secondary N) is 1. The number of thiazole rings is 1. The Kier molecular flexibility index (Phi) is 6.10. The molecule has 2 rings (SSSR count). The van der Waals surface area contributed by atoms with Crippen molar-refractivity contribution >= 4 is 28.6 Å². The van der Waals surface area contributed by atoms with E-state index in [1.54, 1.807) is 22.7 Å². The molecule has 0 aliphatic heterocycles. The van der Waals surface area contributed by atoms with Gasteiger partial charge in [-0.25, -0.2) is 4.98 Å². The zero-order valence-electron chi connectivity index (χ0n) is 11.9. The lowest BCUT2D eigenvalue weighted by atomic mass is 10.3. The van der Waals surface area contributed by atoms with Crippen molar-refractivity contribution < 1.29 is 9.53 Å². The van der Waals surface area contributed by atoms with Crippen molar-refractivity contribution in [3.63, 3.8) is 0 Å². The topological polar surface area (TPSA) is 51.2 Å². The fourth-order valence-electron chi connectivity index (χ4n) is 1.64. The highest BCUT2D eigenvalue weighted by Crippen LogP contribution is 2.25. The van der Waals surface area contributed by atoms with Gasteiger partial charge in [-0.2, -0.15) is 11.3 Å². The van der Waals surface area contributed by atoms with Crippen LogP contribution in [0.5, 0.6) is 0 Å². The Bertz CT molecular complexity index is 591. The predicted octanol–water partition coefficient (Wildman–Crippen LogP) is 3.12. The van der Waals surface area contributed by atoms with Crippen molar-refractivity contribution in [3.8, 4) is 10.6 Å². The van der Waals surface area contributed by atoms with Crippen molar-refractivity contribution in [1.82, 2.24) is 10.3 Å². The van der Waals surface area contributed by atoms with Gasteiger partial charge in [0, 0.05) is 22.9 Å². The number of carbonyl (C=O) groups excluding carboxylic acids is 1. The average molecular weight is 322 g/mol. The Morgan fingerprint density at radius 1 is 1.48 bits per heavy atom. The van der Waals surface area contributed by atoms with E-state index in [0.717, 1.165) is 21.8 Å². The lowest BCUT2D eigenvalue weighted by Crippen LogP contribution is -2.28. The minimum Gasteiger partial charge on any atom is -0.375 e. The highest BCUT2D eigenvalue weighted by atomic mass is 32.1. The van der Waals surface area contributed by atoms with Crippen LogP contribution >= 0.6 is 22.7 Å². The summed E-state index contributed by atoms with van der Waals surface area (Å²) in [7, 11) is 0. The molecule has 112 valence electrons. The molecule has 4 nitrogen and oxygen atoms in total. The van der Waals surface area contributed by atoms with E-state index < -0.39 is 0 Å². The Morgan fingerprint density at radius 3 is 3.05 bits per heavy atom. The summed E-state index contributed by atoms with van der Waals surface area (Å²) in [5.74, 6) is -0.0314. The molecule has 0 aliphatic rings. The Balaban J connectivity index is 1.72. The number of hydrogen-bond acceptors (Lipinski definition) is 5. The van der Waals surface area contributed by atoms with Gasteiger partial charge >= 0.3 is 0 Å². The monoisotopic (exact) mass is 322 g/mol. The molecule has 1 N–H and O–H groups in total. The number of hydrogen-bond donors (Lipinski definition) is 1. The van der Waals surface area contributed by atoms with Gasteiger partial charge < -0.3 is 10.1 Å². The van der Waals surface area contributed by atoms with Gasteiger partial charge in [0.05, 0.1) is 25.3 Å². The molecule has 0 unspecified atom stereocenters. The zero-order valence-corrected chi connectivity index (χ0v) is 13.6. The molecule has 1 amide bonds. The summed E-state index contributed by atoms with van der Waals surface area (Å²) in [6.07, 6.45) is 0.307. The van der Waals surface area contributed by atoms with Crippen LogP contribution in [0.25, 0.3) is 10.6 Å². The fourth-order valence-corrected chi connectivity index (χ4v) is 3.17. The van der Waals surface area contributed by atoms with E-state index in [2.05, 4.69) is 22.3 Å². The number of ether oxygens (including phenoxy) is 1. The Morgan fingerprint density at radius 2 is 2.33 bits per heavy atom. The minimum absolute atomic E-state index is 0.0314. The highest BCUT2D eigenvalue weighted by molar-refractivity contribution is 7.14. The first-order valence-electron chi connectivity index (χ1n) is 6.61. The van der Waals surface area contributed by atoms with Crippen LogP contribution in [-0.4, -0.2) is 30.6 Å². The normalized spacial score (nSPS) is 10.5. The molecule has 6 heteroatoms. The summed E-state index contributed by atoms with van der Waals surface area (Å²) in [6.45, 7) is 7.19. The van der Waals surface area contributed by atoms with Crippen LogP contribution in [0, 0.1) is 0 Å². The van der Waals surface area contributed by atoms with Gasteiger partial charge in [0.2, 0.25) is 5.91 Å². The molecule has 0 radical (unpaired) electrons. The van der Waals surface area contributed by atoms with Crippen molar-refractivity contribution in [1.29, 1.82) is 0 Å². The molecule has 2 aromatic rings. The van der Waals surface area contributed by atoms with E-state index in [1.165, 1.54) is 0 Å². The summed E-state index contributed by atoms with van der Waals surface area (Å²) in [5.41, 5.74) is 2.90. The lowest BCUT2D eigenvalue weighted by molar-refractivity contribution is -0.120. The summed E-state index contributed by atoms with van der Waals surface area (Å²) in [6, 6.07) is 2.03. The highest BCUT2D eigenvalue weighted by Gasteiger charge is 2.08. The SMILES string of the molecule is C=C(C)COCCNC(=O)Cc1csc(-c2ccsc2)n1. The Labute approximate surface area is 132 Å². The van der Waals surface area contributed by atoms with Gasteiger partial charge in [-0.05, 0) is 18.4 Å². The first-order chi connectivity index (χ1) is 10.1. The van der Waals surface area contributed by atoms with Crippen molar-refractivity contribution in [2.45, 2.75) is 13.3 Å². The van der Waals surface area contributed by atoms with Gasteiger partial charge in [0.15, 0.2) is 0 Å². The maximum atomic E-state index is 11.8. The third-order valence-electron chi connectivity index (χ3n) is 2.58. The third kappa shape index (κ3) is 5.41. The Hall–Kier alpha value is -1.50.